The molecule has 0 spiro atoms. The third-order valence-electron chi connectivity index (χ3n) is 0.689. The molecule has 3 heteroatoms. The lowest BCUT2D eigenvalue weighted by Gasteiger charge is -1.84. The highest BCUT2D eigenvalue weighted by atomic mass is 35.5. The normalized spacial score (nSPS) is 10.2. The maximum atomic E-state index is 12.1. The first-order valence-corrected chi connectivity index (χ1v) is 3.40. The average molecular weight is 149 g/mol. The first-order valence-electron chi connectivity index (χ1n) is 2.06. The van der Waals surface area contributed by atoms with Gasteiger partial charge in [0.05, 0.1) is 0 Å². The molecule has 0 aromatic carbocycles. The van der Waals surface area contributed by atoms with Gasteiger partial charge in [0.25, 0.3) is 0 Å². The molecule has 1 aromatic heterocycles. The van der Waals surface area contributed by atoms with Crippen molar-refractivity contribution in [1.82, 2.24) is 0 Å². The lowest BCUT2D eigenvalue weighted by Crippen LogP contribution is -1.61. The van der Waals surface area contributed by atoms with Gasteiger partial charge in [-0.3, -0.25) is 0 Å². The molecule has 0 fully saturated rings. The van der Waals surface area contributed by atoms with E-state index in [-0.39, 0.29) is 5.55 Å². The van der Waals surface area contributed by atoms with E-state index in [1.807, 2.05) is 0 Å². The quantitative estimate of drug-likeness (QED) is 0.531. The Morgan fingerprint density at radius 2 is 2.38 bits per heavy atom. The van der Waals surface area contributed by atoms with Crippen molar-refractivity contribution in [2.75, 3.05) is 0 Å². The predicted molar refractivity (Wildman–Crippen MR) is 33.9 cm³/mol. The van der Waals surface area contributed by atoms with E-state index in [0.29, 0.717) is 13.2 Å². The number of hydrogen-bond donors (Lipinski definition) is 0. The molecule has 0 atom stereocenters. The van der Waals surface area contributed by atoms with Crippen LogP contribution < -0.4 is 0 Å². The standard InChI is InChI=1S/C5H3ClFP/c6-4-1-2-8-5(7)3-4/h1-3H. The van der Waals surface area contributed by atoms with Crippen LogP contribution in [0.15, 0.2) is 17.9 Å². The van der Waals surface area contributed by atoms with Gasteiger partial charge in [0.2, 0.25) is 0 Å². The first kappa shape index (κ1) is 6.00. The Balaban J connectivity index is 3.08. The molecule has 0 amide bonds. The summed E-state index contributed by atoms with van der Waals surface area (Å²) in [4.78, 5) is 0. The van der Waals surface area contributed by atoms with Crippen LogP contribution in [0.4, 0.5) is 4.39 Å². The molecular formula is C5H3ClFP. The molecule has 0 unspecified atom stereocenters. The second-order valence-electron chi connectivity index (χ2n) is 1.30. The summed E-state index contributed by atoms with van der Waals surface area (Å²) in [6.07, 6.45) is 0. The zero-order chi connectivity index (χ0) is 5.98. The predicted octanol–water partition coefficient (Wildman–Crippen LogP) is 3.06. The molecule has 0 aliphatic carbocycles. The Bertz CT molecular complexity index is 172. The van der Waals surface area contributed by atoms with E-state index < -0.39 is 0 Å². The molecule has 1 rings (SSSR count). The Kier molecular flexibility index (Phi) is 1.82. The van der Waals surface area contributed by atoms with E-state index in [0.717, 1.165) is 0 Å². The molecule has 0 N–H and O–H groups in total. The summed E-state index contributed by atoms with van der Waals surface area (Å²) in [5.41, 5.74) is -0.197. The topological polar surface area (TPSA) is 0 Å². The van der Waals surface area contributed by atoms with Crippen molar-refractivity contribution in [3.63, 3.8) is 0 Å². The Morgan fingerprint density at radius 1 is 1.62 bits per heavy atom. The van der Waals surface area contributed by atoms with Gasteiger partial charge in [0.1, 0.15) is 0 Å². The molecule has 1 aromatic rings. The summed E-state index contributed by atoms with van der Waals surface area (Å²) in [6.45, 7) is 0. The molecule has 0 radical (unpaired) electrons. The molecule has 0 aliphatic heterocycles. The monoisotopic (exact) mass is 148 g/mol. The molecule has 0 bridgehead atoms. The van der Waals surface area contributed by atoms with Gasteiger partial charge in [-0.1, -0.05) is 11.6 Å². The van der Waals surface area contributed by atoms with Crippen molar-refractivity contribution in [2.24, 2.45) is 0 Å². The zero-order valence-corrected chi connectivity index (χ0v) is 5.59. The minimum atomic E-state index is -0.197. The fourth-order valence-electron chi connectivity index (χ4n) is 0.379. The second-order valence-corrected chi connectivity index (χ2v) is 2.72. The van der Waals surface area contributed by atoms with Crippen molar-refractivity contribution in [1.29, 1.82) is 0 Å². The zero-order valence-electron chi connectivity index (χ0n) is 3.94. The van der Waals surface area contributed by atoms with Crippen molar-refractivity contribution in [3.8, 4) is 0 Å². The highest BCUT2D eigenvalue weighted by Crippen LogP contribution is 2.16. The lowest BCUT2D eigenvalue weighted by molar-refractivity contribution is 0.656. The molecule has 0 saturated heterocycles. The Morgan fingerprint density at radius 3 is 2.75 bits per heavy atom. The van der Waals surface area contributed by atoms with E-state index >= 15 is 0 Å². The molecule has 42 valence electrons. The van der Waals surface area contributed by atoms with Gasteiger partial charge in [-0.2, -0.15) is 0 Å². The van der Waals surface area contributed by atoms with Gasteiger partial charge in [0.15, 0.2) is 5.55 Å². The number of rotatable bonds is 0. The SMILES string of the molecule is Fc1cc(Cl)ccp1. The van der Waals surface area contributed by atoms with Crippen LogP contribution in [-0.4, -0.2) is 0 Å². The highest BCUT2D eigenvalue weighted by Gasteiger charge is 1.87. The van der Waals surface area contributed by atoms with Gasteiger partial charge >= 0.3 is 0 Å². The first-order chi connectivity index (χ1) is 3.79. The van der Waals surface area contributed by atoms with Gasteiger partial charge in [-0.25, -0.2) is 4.39 Å². The van der Waals surface area contributed by atoms with E-state index in [9.17, 15) is 4.39 Å². The van der Waals surface area contributed by atoms with Gasteiger partial charge < -0.3 is 0 Å². The van der Waals surface area contributed by atoms with Gasteiger partial charge in [-0.15, -0.1) is 0 Å². The minimum Gasteiger partial charge on any atom is -0.202 e. The maximum absolute atomic E-state index is 12.1. The summed E-state index contributed by atoms with van der Waals surface area (Å²) >= 11 is 5.42. The lowest BCUT2D eigenvalue weighted by atomic mass is 10.6. The summed E-state index contributed by atoms with van der Waals surface area (Å²) in [6, 6.07) is 2.98. The number of hydrogen-bond acceptors (Lipinski definition) is 0. The molecule has 8 heavy (non-hydrogen) atoms. The van der Waals surface area contributed by atoms with Crippen molar-refractivity contribution >= 4 is 19.8 Å². The van der Waals surface area contributed by atoms with Gasteiger partial charge in [-0.05, 0) is 26.1 Å². The van der Waals surface area contributed by atoms with Gasteiger partial charge in [0, 0.05) is 5.02 Å². The number of halogens is 2. The minimum absolute atomic E-state index is 0.197. The largest absolute Gasteiger partial charge is 0.202 e. The summed E-state index contributed by atoms with van der Waals surface area (Å²) in [5.74, 6) is 1.66. The van der Waals surface area contributed by atoms with Crippen LogP contribution in [0, 0.1) is 5.55 Å². The molecule has 0 nitrogen and oxygen atoms in total. The molecule has 0 aliphatic rings. The summed E-state index contributed by atoms with van der Waals surface area (Å²) in [5, 5.41) is 0.459. The van der Waals surface area contributed by atoms with Crippen molar-refractivity contribution in [3.05, 3.63) is 28.5 Å². The van der Waals surface area contributed by atoms with Crippen LogP contribution in [-0.2, 0) is 0 Å². The maximum Gasteiger partial charge on any atom is 0.150 e. The summed E-state index contributed by atoms with van der Waals surface area (Å²) < 4.78 is 12.1. The van der Waals surface area contributed by atoms with Crippen molar-refractivity contribution in [2.45, 2.75) is 0 Å². The van der Waals surface area contributed by atoms with Crippen LogP contribution in [0.25, 0.3) is 0 Å². The third-order valence-corrected chi connectivity index (χ3v) is 1.60. The Hall–Kier alpha value is -0.130. The van der Waals surface area contributed by atoms with Crippen LogP contribution in [0.3, 0.4) is 0 Å². The van der Waals surface area contributed by atoms with Crippen LogP contribution >= 0.6 is 19.8 Å². The fourth-order valence-corrected chi connectivity index (χ4v) is 1.29. The molecule has 1 heterocycles. The third kappa shape index (κ3) is 1.43. The average Bonchev–Trinajstić information content (AvgIpc) is 1.64. The molecular weight excluding hydrogens is 145 g/mol. The highest BCUT2D eigenvalue weighted by molar-refractivity contribution is 7.28. The van der Waals surface area contributed by atoms with Crippen LogP contribution in [0.1, 0.15) is 0 Å². The smallest absolute Gasteiger partial charge is 0.150 e. The molecule has 0 saturated carbocycles. The Labute approximate surface area is 53.4 Å². The van der Waals surface area contributed by atoms with E-state index in [4.69, 9.17) is 11.6 Å². The summed E-state index contributed by atoms with van der Waals surface area (Å²) in [7, 11) is 0.600. The van der Waals surface area contributed by atoms with E-state index in [1.165, 1.54) is 6.07 Å². The van der Waals surface area contributed by atoms with E-state index in [2.05, 4.69) is 0 Å². The van der Waals surface area contributed by atoms with Crippen LogP contribution in [0.2, 0.25) is 5.02 Å². The second kappa shape index (κ2) is 2.43. The van der Waals surface area contributed by atoms with Crippen LogP contribution in [0.5, 0.6) is 0 Å². The van der Waals surface area contributed by atoms with E-state index in [1.54, 1.807) is 11.9 Å². The fraction of sp³-hybridized carbons (Fsp3) is 0. The van der Waals surface area contributed by atoms with Crippen molar-refractivity contribution < 1.29 is 4.39 Å².